The van der Waals surface area contributed by atoms with Crippen LogP contribution >= 0.6 is 0 Å². The third-order valence-corrected chi connectivity index (χ3v) is 9.21. The Kier molecular flexibility index (Phi) is 34.4. The molecule has 0 aromatic rings. The molecule has 53 heavy (non-hydrogen) atoms. The van der Waals surface area contributed by atoms with Gasteiger partial charge >= 0.3 is 11.9 Å². The number of carbonyl (C=O) groups is 3. The van der Waals surface area contributed by atoms with Crippen LogP contribution in [-0.2, 0) is 28.6 Å². The van der Waals surface area contributed by atoms with Gasteiger partial charge in [-0.2, -0.15) is 0 Å². The van der Waals surface area contributed by atoms with E-state index in [2.05, 4.69) is 56.4 Å². The fourth-order valence-corrected chi connectivity index (χ4v) is 5.93. The van der Waals surface area contributed by atoms with E-state index in [9.17, 15) is 19.5 Å². The fourth-order valence-electron chi connectivity index (χ4n) is 5.93. The Labute approximate surface area is 325 Å². The van der Waals surface area contributed by atoms with E-state index in [1.54, 1.807) is 21.1 Å². The molecular formula is C45H79NO7. The lowest BCUT2D eigenvalue weighted by atomic mass is 10.0. The first kappa shape index (κ1) is 50.3. The number of rotatable bonds is 37. The summed E-state index contributed by atoms with van der Waals surface area (Å²) in [5.41, 5.74) is 0. The molecule has 0 aliphatic carbocycles. The summed E-state index contributed by atoms with van der Waals surface area (Å²) in [6, 6.07) is -0.730. The number of hydrogen-bond donors (Lipinski definition) is 0. The van der Waals surface area contributed by atoms with Crippen molar-refractivity contribution in [2.75, 3.05) is 41.0 Å². The Morgan fingerprint density at radius 3 is 1.66 bits per heavy atom. The van der Waals surface area contributed by atoms with Crippen LogP contribution in [0.4, 0.5) is 0 Å². The van der Waals surface area contributed by atoms with Crippen molar-refractivity contribution >= 4 is 17.9 Å². The average molecular weight is 746 g/mol. The lowest BCUT2D eigenvalue weighted by Crippen LogP contribution is -2.55. The SMILES string of the molecule is CC/C=C/C/C=C/C/C=C/CCCCCCCCCCCCCC(=O)OCC(COCCC(C(=O)[O-])[N+](C)(C)C)OC(=O)CC/C=C/CCCCCC. The van der Waals surface area contributed by atoms with Crippen LogP contribution in [0.15, 0.2) is 48.6 Å². The van der Waals surface area contributed by atoms with Crippen LogP contribution in [0.1, 0.15) is 168 Å². The van der Waals surface area contributed by atoms with Crippen molar-refractivity contribution in [3.8, 4) is 0 Å². The summed E-state index contributed by atoms with van der Waals surface area (Å²) in [6.07, 6.45) is 41.7. The van der Waals surface area contributed by atoms with Crippen LogP contribution in [0, 0.1) is 0 Å². The summed E-state index contributed by atoms with van der Waals surface area (Å²) in [4.78, 5) is 36.6. The molecule has 0 bridgehead atoms. The minimum absolute atomic E-state index is 0.0242. The Bertz CT molecular complexity index is 1010. The number of likely N-dealkylation sites (N-methyl/N-ethyl adjacent to an activating group) is 1. The lowest BCUT2D eigenvalue weighted by molar-refractivity contribution is -0.889. The van der Waals surface area contributed by atoms with Gasteiger partial charge in [0.2, 0.25) is 0 Å². The quantitative estimate of drug-likeness (QED) is 0.0270. The highest BCUT2D eigenvalue weighted by Gasteiger charge is 2.25. The molecule has 0 radical (unpaired) electrons. The molecule has 0 aromatic carbocycles. The molecule has 0 aliphatic rings. The van der Waals surface area contributed by atoms with Crippen molar-refractivity contribution in [1.29, 1.82) is 0 Å². The summed E-state index contributed by atoms with van der Waals surface area (Å²) >= 11 is 0. The van der Waals surface area contributed by atoms with E-state index in [-0.39, 0.29) is 49.1 Å². The molecular weight excluding hydrogens is 666 g/mol. The first-order valence-electron chi connectivity index (χ1n) is 21.2. The average Bonchev–Trinajstić information content (AvgIpc) is 3.11. The van der Waals surface area contributed by atoms with E-state index < -0.39 is 18.1 Å². The number of carboxylic acids is 1. The zero-order valence-electron chi connectivity index (χ0n) is 34.7. The molecule has 0 amide bonds. The van der Waals surface area contributed by atoms with Crippen molar-refractivity contribution in [1.82, 2.24) is 0 Å². The van der Waals surface area contributed by atoms with Crippen molar-refractivity contribution in [3.63, 3.8) is 0 Å². The number of hydrogen-bond acceptors (Lipinski definition) is 7. The first-order valence-corrected chi connectivity index (χ1v) is 21.2. The van der Waals surface area contributed by atoms with Gasteiger partial charge in [0.25, 0.3) is 0 Å². The lowest BCUT2D eigenvalue weighted by Gasteiger charge is -2.34. The maximum Gasteiger partial charge on any atom is 0.306 e. The monoisotopic (exact) mass is 746 g/mol. The normalized spacial score (nSPS) is 13.5. The van der Waals surface area contributed by atoms with Gasteiger partial charge in [-0.25, -0.2) is 0 Å². The smallest absolute Gasteiger partial charge is 0.306 e. The Hall–Kier alpha value is -2.71. The molecule has 2 unspecified atom stereocenters. The standard InChI is InChI=1S/C45H79NO7/c1-6-8-10-12-14-16-17-18-19-20-21-22-23-24-25-26-27-28-30-31-33-35-43(47)52-40-41(39-51-38-37-42(45(49)50)46(3,4)5)53-44(48)36-34-32-29-15-13-11-9-7-2/h8,10,14,16,18-19,29,32,41-42H,6-7,9,11-13,15,17,20-28,30-31,33-40H2,1-5H3/b10-8+,16-14+,19-18+,32-29+. The van der Waals surface area contributed by atoms with Crippen molar-refractivity contribution in [2.24, 2.45) is 0 Å². The van der Waals surface area contributed by atoms with Gasteiger partial charge in [0.05, 0.1) is 40.3 Å². The molecule has 0 aliphatic heterocycles. The Morgan fingerprint density at radius 1 is 0.585 bits per heavy atom. The number of nitrogens with zero attached hydrogens (tertiary/aromatic N) is 1. The highest BCUT2D eigenvalue weighted by Crippen LogP contribution is 2.14. The molecule has 8 nitrogen and oxygen atoms in total. The number of unbranched alkanes of at least 4 members (excludes halogenated alkanes) is 15. The third-order valence-electron chi connectivity index (χ3n) is 9.21. The molecule has 0 N–H and O–H groups in total. The van der Waals surface area contributed by atoms with Crippen molar-refractivity contribution in [2.45, 2.75) is 180 Å². The van der Waals surface area contributed by atoms with Gasteiger partial charge in [-0.1, -0.05) is 140 Å². The number of quaternary nitrogens is 1. The van der Waals surface area contributed by atoms with Crippen LogP contribution in [0.25, 0.3) is 0 Å². The van der Waals surface area contributed by atoms with Crippen molar-refractivity contribution < 1.29 is 38.2 Å². The number of esters is 2. The summed E-state index contributed by atoms with van der Waals surface area (Å²) in [5, 5.41) is 11.6. The number of carboxylic acid groups (broad SMARTS) is 1. The second-order valence-corrected chi connectivity index (χ2v) is 15.2. The highest BCUT2D eigenvalue weighted by atomic mass is 16.6. The number of allylic oxidation sites excluding steroid dienone is 8. The van der Waals surface area contributed by atoms with E-state index in [0.29, 0.717) is 12.8 Å². The van der Waals surface area contributed by atoms with Gasteiger partial charge in [0.1, 0.15) is 12.6 Å². The molecule has 0 heterocycles. The zero-order chi connectivity index (χ0) is 39.3. The molecule has 0 spiro atoms. The van der Waals surface area contributed by atoms with Gasteiger partial charge in [-0.05, 0) is 57.8 Å². The van der Waals surface area contributed by atoms with E-state index in [4.69, 9.17) is 14.2 Å². The summed E-state index contributed by atoms with van der Waals surface area (Å²) in [7, 11) is 5.38. The van der Waals surface area contributed by atoms with E-state index in [1.807, 2.05) is 6.08 Å². The van der Waals surface area contributed by atoms with Gasteiger partial charge in [0, 0.05) is 19.3 Å². The molecule has 2 atom stereocenters. The molecule has 0 fully saturated rings. The number of carbonyl (C=O) groups excluding carboxylic acids is 3. The Morgan fingerprint density at radius 2 is 1.09 bits per heavy atom. The van der Waals surface area contributed by atoms with Crippen LogP contribution in [0.5, 0.6) is 0 Å². The molecule has 8 heteroatoms. The van der Waals surface area contributed by atoms with Gasteiger partial charge < -0.3 is 28.6 Å². The molecule has 0 aromatic heterocycles. The largest absolute Gasteiger partial charge is 0.544 e. The van der Waals surface area contributed by atoms with Gasteiger partial charge in [-0.3, -0.25) is 9.59 Å². The van der Waals surface area contributed by atoms with Gasteiger partial charge in [0.15, 0.2) is 6.10 Å². The van der Waals surface area contributed by atoms with Crippen LogP contribution in [0.2, 0.25) is 0 Å². The van der Waals surface area contributed by atoms with Crippen LogP contribution < -0.4 is 5.11 Å². The second kappa shape index (κ2) is 36.3. The maximum atomic E-state index is 12.6. The summed E-state index contributed by atoms with van der Waals surface area (Å²) in [6.45, 7) is 4.45. The summed E-state index contributed by atoms with van der Waals surface area (Å²) < 4.78 is 17.0. The molecule has 306 valence electrons. The molecule has 0 saturated carbocycles. The van der Waals surface area contributed by atoms with Gasteiger partial charge in [-0.15, -0.1) is 0 Å². The van der Waals surface area contributed by atoms with E-state index in [1.165, 1.54) is 77.0 Å². The number of aliphatic carboxylic acids is 1. The number of ether oxygens (including phenoxy) is 3. The van der Waals surface area contributed by atoms with Crippen molar-refractivity contribution in [3.05, 3.63) is 48.6 Å². The van der Waals surface area contributed by atoms with E-state index in [0.717, 1.165) is 51.4 Å². The van der Waals surface area contributed by atoms with E-state index >= 15 is 0 Å². The second-order valence-electron chi connectivity index (χ2n) is 15.2. The maximum absolute atomic E-state index is 12.6. The summed E-state index contributed by atoms with van der Waals surface area (Å²) in [5.74, 6) is -1.81. The molecule has 0 rings (SSSR count). The molecule has 0 saturated heterocycles. The Balaban J connectivity index is 4.21. The fraction of sp³-hybridized carbons (Fsp3) is 0.756. The first-order chi connectivity index (χ1) is 25.6. The van der Waals surface area contributed by atoms with Crippen LogP contribution in [-0.4, -0.2) is 75.5 Å². The van der Waals surface area contributed by atoms with Crippen LogP contribution in [0.3, 0.4) is 0 Å². The minimum atomic E-state index is -1.13. The predicted molar refractivity (Wildman–Crippen MR) is 217 cm³/mol. The minimum Gasteiger partial charge on any atom is -0.544 e. The predicted octanol–water partition coefficient (Wildman–Crippen LogP) is 9.91. The third kappa shape index (κ3) is 34.8. The highest BCUT2D eigenvalue weighted by molar-refractivity contribution is 5.70. The zero-order valence-corrected chi connectivity index (χ0v) is 34.7. The topological polar surface area (TPSA) is 102 Å².